The van der Waals surface area contributed by atoms with Crippen LogP contribution in [0.15, 0.2) is 30.3 Å². The highest BCUT2D eigenvalue weighted by molar-refractivity contribution is 7.20. The minimum atomic E-state index is -0.400. The SMILES string of the molecule is Cc1cc(C)n(CC(=O)NNC(=O)c2cc3c(C)nn(Cc4ccc(Cl)cc4Cl)c3s2)n1. The predicted octanol–water partition coefficient (Wildman–Crippen LogP) is 4.04. The Morgan fingerprint density at radius 3 is 2.50 bits per heavy atom. The summed E-state index contributed by atoms with van der Waals surface area (Å²) in [6.45, 7) is 6.07. The van der Waals surface area contributed by atoms with E-state index in [1.807, 2.05) is 37.6 Å². The number of carbonyl (C=O) groups excluding carboxylic acids is 2. The molecule has 0 atom stereocenters. The number of hydrazine groups is 1. The van der Waals surface area contributed by atoms with Gasteiger partial charge >= 0.3 is 0 Å². The Balaban J connectivity index is 1.46. The molecule has 4 aromatic rings. The minimum Gasteiger partial charge on any atom is -0.271 e. The fourth-order valence-corrected chi connectivity index (χ4v) is 4.87. The molecule has 32 heavy (non-hydrogen) atoms. The second-order valence-corrected chi connectivity index (χ2v) is 9.27. The number of aryl methyl sites for hydroxylation is 3. The molecule has 0 radical (unpaired) electrons. The number of carbonyl (C=O) groups is 2. The molecule has 0 unspecified atom stereocenters. The van der Waals surface area contributed by atoms with Gasteiger partial charge in [0.15, 0.2) is 0 Å². The number of benzene rings is 1. The van der Waals surface area contributed by atoms with Crippen molar-refractivity contribution >= 4 is 56.6 Å². The number of fused-ring (bicyclic) bond motifs is 1. The lowest BCUT2D eigenvalue weighted by Crippen LogP contribution is -2.43. The van der Waals surface area contributed by atoms with Gasteiger partial charge in [0, 0.05) is 21.1 Å². The van der Waals surface area contributed by atoms with Gasteiger partial charge in [-0.1, -0.05) is 29.3 Å². The maximum Gasteiger partial charge on any atom is 0.279 e. The van der Waals surface area contributed by atoms with E-state index in [1.165, 1.54) is 11.3 Å². The molecule has 0 aliphatic carbocycles. The summed E-state index contributed by atoms with van der Waals surface area (Å²) in [5.74, 6) is -0.770. The number of nitrogens with zero attached hydrogens (tertiary/aromatic N) is 4. The van der Waals surface area contributed by atoms with Crippen LogP contribution in [-0.4, -0.2) is 31.4 Å². The fourth-order valence-electron chi connectivity index (χ4n) is 3.34. The molecule has 0 saturated heterocycles. The summed E-state index contributed by atoms with van der Waals surface area (Å²) in [5.41, 5.74) is 8.27. The van der Waals surface area contributed by atoms with Crippen molar-refractivity contribution in [3.63, 3.8) is 0 Å². The molecule has 3 aromatic heterocycles. The van der Waals surface area contributed by atoms with Crippen molar-refractivity contribution in [2.45, 2.75) is 33.9 Å². The minimum absolute atomic E-state index is 0.0162. The van der Waals surface area contributed by atoms with Gasteiger partial charge in [-0.2, -0.15) is 10.2 Å². The van der Waals surface area contributed by atoms with Crippen molar-refractivity contribution in [2.24, 2.45) is 0 Å². The molecule has 3 heterocycles. The normalized spacial score (nSPS) is 11.2. The van der Waals surface area contributed by atoms with Crippen LogP contribution in [-0.2, 0) is 17.9 Å². The van der Waals surface area contributed by atoms with Gasteiger partial charge in [0.25, 0.3) is 11.8 Å². The summed E-state index contributed by atoms with van der Waals surface area (Å²) in [6, 6.07) is 8.97. The van der Waals surface area contributed by atoms with Crippen LogP contribution in [0.1, 0.15) is 32.3 Å². The molecule has 166 valence electrons. The number of aromatic nitrogens is 4. The topological polar surface area (TPSA) is 93.8 Å². The first-order valence-electron chi connectivity index (χ1n) is 9.72. The van der Waals surface area contributed by atoms with Crippen molar-refractivity contribution in [1.29, 1.82) is 0 Å². The van der Waals surface area contributed by atoms with Gasteiger partial charge in [0.1, 0.15) is 11.4 Å². The monoisotopic (exact) mass is 490 g/mol. The number of rotatable bonds is 5. The zero-order valence-electron chi connectivity index (χ0n) is 17.6. The first kappa shape index (κ1) is 22.3. The van der Waals surface area contributed by atoms with E-state index in [2.05, 4.69) is 21.0 Å². The van der Waals surface area contributed by atoms with Gasteiger partial charge in [-0.05, 0) is 50.6 Å². The third-order valence-corrected chi connectivity index (χ3v) is 6.61. The number of amides is 2. The van der Waals surface area contributed by atoms with Crippen molar-refractivity contribution in [3.05, 3.63) is 67.9 Å². The van der Waals surface area contributed by atoms with Crippen LogP contribution in [0.5, 0.6) is 0 Å². The second-order valence-electron chi connectivity index (χ2n) is 7.40. The van der Waals surface area contributed by atoms with Crippen molar-refractivity contribution in [2.75, 3.05) is 0 Å². The van der Waals surface area contributed by atoms with Crippen LogP contribution in [0.3, 0.4) is 0 Å². The Bertz CT molecular complexity index is 1340. The maximum absolute atomic E-state index is 12.6. The average molecular weight is 491 g/mol. The first-order valence-corrected chi connectivity index (χ1v) is 11.3. The van der Waals surface area contributed by atoms with Crippen molar-refractivity contribution in [1.82, 2.24) is 30.4 Å². The van der Waals surface area contributed by atoms with Crippen LogP contribution in [0.4, 0.5) is 0 Å². The highest BCUT2D eigenvalue weighted by Gasteiger charge is 2.18. The highest BCUT2D eigenvalue weighted by atomic mass is 35.5. The zero-order chi connectivity index (χ0) is 23.0. The van der Waals surface area contributed by atoms with Gasteiger partial charge < -0.3 is 0 Å². The molecular formula is C21H20Cl2N6O2S. The maximum atomic E-state index is 12.6. The molecule has 0 aliphatic heterocycles. The smallest absolute Gasteiger partial charge is 0.271 e. The van der Waals surface area contributed by atoms with Crippen molar-refractivity contribution < 1.29 is 9.59 Å². The summed E-state index contributed by atoms with van der Waals surface area (Å²) >= 11 is 13.6. The summed E-state index contributed by atoms with van der Waals surface area (Å²) in [7, 11) is 0. The number of halogens is 2. The molecular weight excluding hydrogens is 471 g/mol. The second kappa shape index (κ2) is 8.93. The number of nitrogens with one attached hydrogen (secondary N) is 2. The lowest BCUT2D eigenvalue weighted by atomic mass is 10.2. The molecule has 2 amide bonds. The summed E-state index contributed by atoms with van der Waals surface area (Å²) in [4.78, 5) is 26.1. The molecule has 2 N–H and O–H groups in total. The molecule has 4 rings (SSSR count). The van der Waals surface area contributed by atoms with E-state index in [4.69, 9.17) is 23.2 Å². The van der Waals surface area contributed by atoms with E-state index in [1.54, 1.807) is 22.9 Å². The number of hydrogen-bond acceptors (Lipinski definition) is 5. The Morgan fingerprint density at radius 2 is 1.81 bits per heavy atom. The van der Waals surface area contributed by atoms with E-state index >= 15 is 0 Å². The number of thiophene rings is 1. The third kappa shape index (κ3) is 4.64. The average Bonchev–Trinajstić information content (AvgIpc) is 3.38. The molecule has 0 spiro atoms. The Labute approximate surface area is 198 Å². The third-order valence-electron chi connectivity index (χ3n) is 4.88. The van der Waals surface area contributed by atoms with Crippen LogP contribution < -0.4 is 10.9 Å². The van der Waals surface area contributed by atoms with Gasteiger partial charge in [-0.3, -0.25) is 29.8 Å². The lowest BCUT2D eigenvalue weighted by molar-refractivity contribution is -0.122. The Hall–Kier alpha value is -2.88. The van der Waals surface area contributed by atoms with Crippen LogP contribution in [0, 0.1) is 20.8 Å². The Morgan fingerprint density at radius 1 is 1.03 bits per heavy atom. The Kier molecular flexibility index (Phi) is 6.23. The molecule has 0 bridgehead atoms. The van der Waals surface area contributed by atoms with Gasteiger partial charge in [0.2, 0.25) is 0 Å². The van der Waals surface area contributed by atoms with Gasteiger partial charge in [0.05, 0.1) is 22.8 Å². The fraction of sp³-hybridized carbons (Fsp3) is 0.238. The van der Waals surface area contributed by atoms with Crippen molar-refractivity contribution in [3.8, 4) is 0 Å². The molecule has 0 fully saturated rings. The summed E-state index contributed by atoms with van der Waals surface area (Å²) < 4.78 is 3.39. The summed E-state index contributed by atoms with van der Waals surface area (Å²) in [6.07, 6.45) is 0. The first-order chi connectivity index (χ1) is 15.2. The molecule has 8 nitrogen and oxygen atoms in total. The van der Waals surface area contributed by atoms with E-state index in [0.29, 0.717) is 21.5 Å². The molecule has 0 aliphatic rings. The number of hydrogen-bond donors (Lipinski definition) is 2. The molecule has 1 aromatic carbocycles. The van der Waals surface area contributed by atoms with Crippen LogP contribution in [0.2, 0.25) is 10.0 Å². The highest BCUT2D eigenvalue weighted by Crippen LogP contribution is 2.30. The van der Waals surface area contributed by atoms with E-state index in [9.17, 15) is 9.59 Å². The van der Waals surface area contributed by atoms with E-state index in [0.717, 1.165) is 32.9 Å². The standard InChI is InChI=1S/C21H20Cl2N6O2S/c1-11-6-12(2)28(26-11)10-19(30)24-25-20(31)18-8-16-13(3)27-29(21(16)32-18)9-14-4-5-15(22)7-17(14)23/h4-8H,9-10H2,1-3H3,(H,24,30)(H,25,31). The molecule has 11 heteroatoms. The largest absolute Gasteiger partial charge is 0.279 e. The van der Waals surface area contributed by atoms with Crippen LogP contribution >= 0.6 is 34.5 Å². The lowest BCUT2D eigenvalue weighted by Gasteiger charge is -2.08. The van der Waals surface area contributed by atoms with E-state index in [-0.39, 0.29) is 12.5 Å². The van der Waals surface area contributed by atoms with E-state index < -0.39 is 5.91 Å². The predicted molar refractivity (Wildman–Crippen MR) is 125 cm³/mol. The van der Waals surface area contributed by atoms with Gasteiger partial charge in [-0.15, -0.1) is 11.3 Å². The van der Waals surface area contributed by atoms with Gasteiger partial charge in [-0.25, -0.2) is 0 Å². The summed E-state index contributed by atoms with van der Waals surface area (Å²) in [5, 5.41) is 10.8. The molecule has 0 saturated carbocycles. The zero-order valence-corrected chi connectivity index (χ0v) is 19.9. The quantitative estimate of drug-likeness (QED) is 0.412. The van der Waals surface area contributed by atoms with Crippen LogP contribution in [0.25, 0.3) is 10.2 Å².